The number of hydrogen-bond donors (Lipinski definition) is 2. The van der Waals surface area contributed by atoms with Crippen molar-refractivity contribution in [2.75, 3.05) is 12.4 Å². The molecule has 3 rings (SSSR count). The molecule has 0 radical (unpaired) electrons. The lowest BCUT2D eigenvalue weighted by Gasteiger charge is -2.11. The number of ether oxygens (including phenoxy) is 1. The highest BCUT2D eigenvalue weighted by Crippen LogP contribution is 2.26. The minimum atomic E-state index is -0.477. The van der Waals surface area contributed by atoms with Crippen molar-refractivity contribution in [2.45, 2.75) is 25.8 Å². The van der Waals surface area contributed by atoms with E-state index in [-0.39, 0.29) is 23.6 Å². The van der Waals surface area contributed by atoms with Crippen LogP contribution in [0, 0.1) is 6.92 Å². The smallest absolute Gasteiger partial charge is 0.337 e. The van der Waals surface area contributed by atoms with Crippen molar-refractivity contribution >= 4 is 35.1 Å². The lowest BCUT2D eigenvalue weighted by Crippen LogP contribution is -2.26. The molecule has 1 fully saturated rings. The third kappa shape index (κ3) is 4.24. The number of benzene rings is 1. The van der Waals surface area contributed by atoms with Gasteiger partial charge in [0.15, 0.2) is 0 Å². The largest absolute Gasteiger partial charge is 0.465 e. The fourth-order valence-electron chi connectivity index (χ4n) is 2.21. The standard InChI is InChI=1S/C17H17ClN4O3/c1-9-7-14(15(23)20-11-4-5-11)22-17(19-9)21-13-8-10(16(24)25-2)3-6-12(13)18/h3,6-8,11H,4-5H2,1-2H3,(H,20,23)(H,19,21,22). The summed E-state index contributed by atoms with van der Waals surface area (Å²) < 4.78 is 4.70. The Morgan fingerprint density at radius 2 is 2.00 bits per heavy atom. The van der Waals surface area contributed by atoms with Gasteiger partial charge in [0.1, 0.15) is 5.69 Å². The first kappa shape index (κ1) is 17.2. The quantitative estimate of drug-likeness (QED) is 0.796. The molecule has 130 valence electrons. The minimum Gasteiger partial charge on any atom is -0.465 e. The average molecular weight is 361 g/mol. The molecule has 1 amide bonds. The summed E-state index contributed by atoms with van der Waals surface area (Å²) in [5.41, 5.74) is 1.71. The van der Waals surface area contributed by atoms with Crippen LogP contribution in [0.4, 0.5) is 11.6 Å². The molecule has 1 saturated carbocycles. The van der Waals surface area contributed by atoms with Gasteiger partial charge in [-0.05, 0) is 44.0 Å². The van der Waals surface area contributed by atoms with Crippen LogP contribution in [-0.2, 0) is 4.74 Å². The lowest BCUT2D eigenvalue weighted by molar-refractivity contribution is 0.0600. The lowest BCUT2D eigenvalue weighted by atomic mass is 10.2. The van der Waals surface area contributed by atoms with Crippen molar-refractivity contribution in [1.29, 1.82) is 0 Å². The summed E-state index contributed by atoms with van der Waals surface area (Å²) in [6.07, 6.45) is 1.99. The molecule has 0 bridgehead atoms. The Kier molecular flexibility index (Phi) is 4.85. The van der Waals surface area contributed by atoms with Crippen LogP contribution in [0.15, 0.2) is 24.3 Å². The van der Waals surface area contributed by atoms with E-state index in [9.17, 15) is 9.59 Å². The molecule has 1 aliphatic rings. The second-order valence-electron chi connectivity index (χ2n) is 5.78. The van der Waals surface area contributed by atoms with Crippen LogP contribution in [0.1, 0.15) is 39.4 Å². The first-order chi connectivity index (χ1) is 12.0. The Morgan fingerprint density at radius 3 is 2.68 bits per heavy atom. The van der Waals surface area contributed by atoms with E-state index in [1.807, 2.05) is 0 Å². The molecule has 2 aromatic rings. The predicted molar refractivity (Wildman–Crippen MR) is 93.3 cm³/mol. The van der Waals surface area contributed by atoms with Gasteiger partial charge in [-0.3, -0.25) is 4.79 Å². The Balaban J connectivity index is 1.86. The maximum Gasteiger partial charge on any atom is 0.337 e. The molecule has 0 aliphatic heterocycles. The van der Waals surface area contributed by atoms with E-state index < -0.39 is 5.97 Å². The summed E-state index contributed by atoms with van der Waals surface area (Å²) in [5, 5.41) is 6.23. The molecular weight excluding hydrogens is 344 g/mol. The van der Waals surface area contributed by atoms with Gasteiger partial charge in [-0.15, -0.1) is 0 Å². The molecule has 0 atom stereocenters. The van der Waals surface area contributed by atoms with Crippen LogP contribution in [-0.4, -0.2) is 35.0 Å². The number of nitrogens with one attached hydrogen (secondary N) is 2. The van der Waals surface area contributed by atoms with Crippen LogP contribution in [0.5, 0.6) is 0 Å². The third-order valence-corrected chi connectivity index (χ3v) is 3.96. The third-order valence-electron chi connectivity index (χ3n) is 3.63. The van der Waals surface area contributed by atoms with Gasteiger partial charge < -0.3 is 15.4 Å². The van der Waals surface area contributed by atoms with Gasteiger partial charge in [-0.1, -0.05) is 11.6 Å². The van der Waals surface area contributed by atoms with Crippen molar-refractivity contribution in [3.05, 3.63) is 46.2 Å². The van der Waals surface area contributed by atoms with Gasteiger partial charge in [0.2, 0.25) is 5.95 Å². The molecule has 1 aromatic heterocycles. The van der Waals surface area contributed by atoms with Gasteiger partial charge in [0.25, 0.3) is 5.91 Å². The highest BCUT2D eigenvalue weighted by molar-refractivity contribution is 6.33. The fourth-order valence-corrected chi connectivity index (χ4v) is 2.38. The molecule has 2 N–H and O–H groups in total. The van der Waals surface area contributed by atoms with E-state index in [1.54, 1.807) is 31.2 Å². The number of halogens is 1. The van der Waals surface area contributed by atoms with Gasteiger partial charge in [0.05, 0.1) is 23.4 Å². The van der Waals surface area contributed by atoms with Crippen molar-refractivity contribution in [2.24, 2.45) is 0 Å². The Bertz CT molecular complexity index is 837. The predicted octanol–water partition coefficient (Wildman–Crippen LogP) is 2.86. The van der Waals surface area contributed by atoms with Crippen LogP contribution in [0.3, 0.4) is 0 Å². The molecule has 8 heteroatoms. The number of carbonyl (C=O) groups excluding carboxylic acids is 2. The zero-order chi connectivity index (χ0) is 18.0. The van der Waals surface area contributed by atoms with E-state index in [0.29, 0.717) is 22.0 Å². The van der Waals surface area contributed by atoms with Crippen molar-refractivity contribution in [3.63, 3.8) is 0 Å². The van der Waals surface area contributed by atoms with Gasteiger partial charge in [0, 0.05) is 11.7 Å². The monoisotopic (exact) mass is 360 g/mol. The summed E-state index contributed by atoms with van der Waals surface area (Å²) in [6, 6.07) is 6.54. The zero-order valence-corrected chi connectivity index (χ0v) is 14.6. The number of methoxy groups -OCH3 is 1. The average Bonchev–Trinajstić information content (AvgIpc) is 3.39. The number of esters is 1. The van der Waals surface area contributed by atoms with Crippen molar-refractivity contribution in [3.8, 4) is 0 Å². The maximum atomic E-state index is 12.2. The number of anilines is 2. The SMILES string of the molecule is COC(=O)c1ccc(Cl)c(Nc2nc(C)cc(C(=O)NC3CC3)n2)c1. The molecule has 0 saturated heterocycles. The van der Waals surface area contributed by atoms with E-state index in [1.165, 1.54) is 7.11 Å². The molecule has 7 nitrogen and oxygen atoms in total. The number of aryl methyl sites for hydroxylation is 1. The van der Waals surface area contributed by atoms with E-state index >= 15 is 0 Å². The molecule has 0 unspecified atom stereocenters. The van der Waals surface area contributed by atoms with Gasteiger partial charge in [-0.25, -0.2) is 14.8 Å². The number of rotatable bonds is 5. The highest BCUT2D eigenvalue weighted by Gasteiger charge is 2.24. The molecule has 1 aromatic carbocycles. The molecule has 1 aliphatic carbocycles. The van der Waals surface area contributed by atoms with E-state index in [2.05, 4.69) is 20.6 Å². The van der Waals surface area contributed by atoms with Crippen molar-refractivity contribution < 1.29 is 14.3 Å². The maximum absolute atomic E-state index is 12.2. The van der Waals surface area contributed by atoms with Crippen molar-refractivity contribution in [1.82, 2.24) is 15.3 Å². The second-order valence-corrected chi connectivity index (χ2v) is 6.18. The molecule has 1 heterocycles. The Labute approximate surface area is 149 Å². The number of amides is 1. The molecule has 25 heavy (non-hydrogen) atoms. The number of nitrogens with zero attached hydrogens (tertiary/aromatic N) is 2. The van der Waals surface area contributed by atoms with E-state index in [4.69, 9.17) is 16.3 Å². The van der Waals surface area contributed by atoms with E-state index in [0.717, 1.165) is 12.8 Å². The summed E-state index contributed by atoms with van der Waals surface area (Å²) in [4.78, 5) is 32.3. The van der Waals surface area contributed by atoms with Crippen LogP contribution >= 0.6 is 11.6 Å². The zero-order valence-electron chi connectivity index (χ0n) is 13.8. The minimum absolute atomic E-state index is 0.227. The van der Waals surface area contributed by atoms with Gasteiger partial charge in [-0.2, -0.15) is 0 Å². The normalized spacial score (nSPS) is 13.2. The van der Waals surface area contributed by atoms with Crippen LogP contribution in [0.25, 0.3) is 0 Å². The molecular formula is C17H17ClN4O3. The van der Waals surface area contributed by atoms with Crippen LogP contribution < -0.4 is 10.6 Å². The highest BCUT2D eigenvalue weighted by atomic mass is 35.5. The first-order valence-electron chi connectivity index (χ1n) is 7.77. The summed E-state index contributed by atoms with van der Waals surface area (Å²) >= 11 is 6.16. The summed E-state index contributed by atoms with van der Waals surface area (Å²) in [5.74, 6) is -0.482. The first-order valence-corrected chi connectivity index (χ1v) is 8.15. The summed E-state index contributed by atoms with van der Waals surface area (Å²) in [6.45, 7) is 1.77. The van der Waals surface area contributed by atoms with Crippen LogP contribution in [0.2, 0.25) is 5.02 Å². The second kappa shape index (κ2) is 7.06. The Morgan fingerprint density at radius 1 is 1.24 bits per heavy atom. The number of hydrogen-bond acceptors (Lipinski definition) is 6. The summed E-state index contributed by atoms with van der Waals surface area (Å²) in [7, 11) is 1.30. The number of carbonyl (C=O) groups is 2. The fraction of sp³-hybridized carbons (Fsp3) is 0.294. The Hall–Kier alpha value is -2.67. The van der Waals surface area contributed by atoms with Gasteiger partial charge >= 0.3 is 5.97 Å². The number of aromatic nitrogens is 2. The topological polar surface area (TPSA) is 93.2 Å². The molecule has 0 spiro atoms.